The Morgan fingerprint density at radius 3 is 2.60 bits per heavy atom. The van der Waals surface area contributed by atoms with Crippen molar-refractivity contribution in [3.63, 3.8) is 0 Å². The third kappa shape index (κ3) is 6.06. The van der Waals surface area contributed by atoms with E-state index < -0.39 is 27.9 Å². The number of hydrogen-bond donors (Lipinski definition) is 0. The summed E-state index contributed by atoms with van der Waals surface area (Å²) in [5.74, 6) is -0.0878. The molecule has 7 nitrogen and oxygen atoms in total. The molecule has 0 aromatic heterocycles. The minimum Gasteiger partial charge on any atom is -0.444 e. The zero-order valence-electron chi connectivity index (χ0n) is 12.4. The van der Waals surface area contributed by atoms with E-state index in [1.165, 1.54) is 11.8 Å². The molecule has 1 saturated heterocycles. The van der Waals surface area contributed by atoms with Gasteiger partial charge in [0.15, 0.2) is 0 Å². The molecule has 1 aliphatic rings. The van der Waals surface area contributed by atoms with Crippen LogP contribution >= 0.6 is 0 Å². The van der Waals surface area contributed by atoms with E-state index in [2.05, 4.69) is 0 Å². The fourth-order valence-corrected chi connectivity index (χ4v) is 2.10. The number of hydrogen-bond acceptors (Lipinski definition) is 6. The number of carbonyl (C=O) groups excluding carboxylic acids is 1. The zero-order valence-corrected chi connectivity index (χ0v) is 13.2. The van der Waals surface area contributed by atoms with Crippen LogP contribution in [0.2, 0.25) is 0 Å². The standard InChI is InChI=1S/C12H23NO6S/c1-5-20(15,16)18-9-10-8-13(6-7-17-10)11(14)19-12(2,3)4/h10H,5-9H2,1-4H3. The first kappa shape index (κ1) is 17.2. The maximum Gasteiger partial charge on any atom is 0.410 e. The Balaban J connectivity index is 2.48. The fraction of sp³-hybridized carbons (Fsp3) is 0.917. The second kappa shape index (κ2) is 6.73. The van der Waals surface area contributed by atoms with Gasteiger partial charge in [-0.3, -0.25) is 4.18 Å². The normalized spacial score (nSPS) is 20.8. The number of nitrogens with zero attached hydrogens (tertiary/aromatic N) is 1. The molecule has 1 heterocycles. The van der Waals surface area contributed by atoms with Gasteiger partial charge >= 0.3 is 6.09 Å². The van der Waals surface area contributed by atoms with Gasteiger partial charge in [0, 0.05) is 6.54 Å². The first-order chi connectivity index (χ1) is 9.13. The molecular weight excluding hydrogens is 286 g/mol. The lowest BCUT2D eigenvalue weighted by atomic mass is 10.2. The summed E-state index contributed by atoms with van der Waals surface area (Å²) in [5.41, 5.74) is -0.563. The Labute approximate surface area is 120 Å². The Morgan fingerprint density at radius 1 is 1.40 bits per heavy atom. The largest absolute Gasteiger partial charge is 0.444 e. The molecule has 20 heavy (non-hydrogen) atoms. The van der Waals surface area contributed by atoms with E-state index in [1.54, 1.807) is 20.8 Å². The monoisotopic (exact) mass is 309 g/mol. The molecular formula is C12H23NO6S. The predicted octanol–water partition coefficient (Wildman–Crippen LogP) is 0.989. The maximum absolute atomic E-state index is 11.9. The molecule has 0 spiro atoms. The van der Waals surface area contributed by atoms with Crippen LogP contribution in [0.25, 0.3) is 0 Å². The molecule has 0 aliphatic carbocycles. The van der Waals surface area contributed by atoms with E-state index in [0.29, 0.717) is 13.2 Å². The van der Waals surface area contributed by atoms with Crippen LogP contribution in [0.3, 0.4) is 0 Å². The lowest BCUT2D eigenvalue weighted by Gasteiger charge is -2.33. The SMILES string of the molecule is CCS(=O)(=O)OCC1CN(C(=O)OC(C)(C)C)CCO1. The zero-order chi connectivity index (χ0) is 15.4. The number of rotatable bonds is 4. The summed E-state index contributed by atoms with van der Waals surface area (Å²) in [4.78, 5) is 13.4. The van der Waals surface area contributed by atoms with Gasteiger partial charge in [-0.25, -0.2) is 4.79 Å². The van der Waals surface area contributed by atoms with Crippen molar-refractivity contribution in [2.24, 2.45) is 0 Å². The summed E-state index contributed by atoms with van der Waals surface area (Å²) < 4.78 is 38.0. The molecule has 0 bridgehead atoms. The van der Waals surface area contributed by atoms with E-state index in [4.69, 9.17) is 13.7 Å². The third-order valence-electron chi connectivity index (χ3n) is 2.58. The van der Waals surface area contributed by atoms with Crippen molar-refractivity contribution in [2.45, 2.75) is 39.4 Å². The van der Waals surface area contributed by atoms with Crippen LogP contribution in [0.4, 0.5) is 4.79 Å². The van der Waals surface area contributed by atoms with Crippen molar-refractivity contribution >= 4 is 16.2 Å². The average molecular weight is 309 g/mol. The summed E-state index contributed by atoms with van der Waals surface area (Å²) in [6.07, 6.45) is -0.887. The van der Waals surface area contributed by atoms with Crippen LogP contribution in [0.5, 0.6) is 0 Å². The highest BCUT2D eigenvalue weighted by Gasteiger charge is 2.29. The highest BCUT2D eigenvalue weighted by molar-refractivity contribution is 7.86. The molecule has 0 aromatic carbocycles. The van der Waals surface area contributed by atoms with E-state index >= 15 is 0 Å². The molecule has 8 heteroatoms. The number of carbonyl (C=O) groups is 1. The van der Waals surface area contributed by atoms with E-state index in [1.807, 2.05) is 0 Å². The second-order valence-electron chi connectivity index (χ2n) is 5.55. The highest BCUT2D eigenvalue weighted by atomic mass is 32.2. The first-order valence-corrected chi connectivity index (χ1v) is 8.17. The van der Waals surface area contributed by atoms with Crippen LogP contribution < -0.4 is 0 Å². The lowest BCUT2D eigenvalue weighted by molar-refractivity contribution is -0.0549. The van der Waals surface area contributed by atoms with Crippen molar-refractivity contribution in [2.75, 3.05) is 32.1 Å². The van der Waals surface area contributed by atoms with Gasteiger partial charge in [0.2, 0.25) is 0 Å². The molecule has 1 atom stereocenters. The van der Waals surface area contributed by atoms with Gasteiger partial charge in [-0.05, 0) is 27.7 Å². The summed E-state index contributed by atoms with van der Waals surface area (Å²) >= 11 is 0. The van der Waals surface area contributed by atoms with Gasteiger partial charge in [-0.15, -0.1) is 0 Å². The minimum absolute atomic E-state index is 0.0878. The molecule has 0 saturated carbocycles. The van der Waals surface area contributed by atoms with Gasteiger partial charge in [0.05, 0.1) is 25.5 Å². The van der Waals surface area contributed by atoms with E-state index in [-0.39, 0.29) is 18.9 Å². The van der Waals surface area contributed by atoms with Gasteiger partial charge in [-0.1, -0.05) is 0 Å². The summed E-state index contributed by atoms with van der Waals surface area (Å²) in [5, 5.41) is 0. The summed E-state index contributed by atoms with van der Waals surface area (Å²) in [7, 11) is -3.50. The molecule has 1 rings (SSSR count). The van der Waals surface area contributed by atoms with Gasteiger partial charge < -0.3 is 14.4 Å². The average Bonchev–Trinajstić information content (AvgIpc) is 2.35. The van der Waals surface area contributed by atoms with Crippen LogP contribution in [0.15, 0.2) is 0 Å². The van der Waals surface area contributed by atoms with Crippen LogP contribution in [-0.2, 0) is 23.8 Å². The van der Waals surface area contributed by atoms with Crippen molar-refractivity contribution in [3.05, 3.63) is 0 Å². The van der Waals surface area contributed by atoms with Crippen molar-refractivity contribution in [1.29, 1.82) is 0 Å². The van der Waals surface area contributed by atoms with E-state index in [0.717, 1.165) is 0 Å². The molecule has 0 N–H and O–H groups in total. The lowest BCUT2D eigenvalue weighted by Crippen LogP contribution is -2.49. The van der Waals surface area contributed by atoms with Gasteiger partial charge in [0.1, 0.15) is 11.7 Å². The maximum atomic E-state index is 11.9. The highest BCUT2D eigenvalue weighted by Crippen LogP contribution is 2.13. The fourth-order valence-electron chi connectivity index (χ4n) is 1.58. The Bertz CT molecular complexity index is 428. The molecule has 0 radical (unpaired) electrons. The topological polar surface area (TPSA) is 82.1 Å². The van der Waals surface area contributed by atoms with Crippen LogP contribution in [-0.4, -0.2) is 63.2 Å². The molecule has 1 amide bonds. The first-order valence-electron chi connectivity index (χ1n) is 6.59. The van der Waals surface area contributed by atoms with Crippen LogP contribution in [0.1, 0.15) is 27.7 Å². The van der Waals surface area contributed by atoms with Crippen molar-refractivity contribution in [1.82, 2.24) is 4.90 Å². The smallest absolute Gasteiger partial charge is 0.410 e. The molecule has 1 fully saturated rings. The predicted molar refractivity (Wildman–Crippen MR) is 73.0 cm³/mol. The minimum atomic E-state index is -3.50. The third-order valence-corrected chi connectivity index (χ3v) is 3.78. The number of morpholine rings is 1. The Morgan fingerprint density at radius 2 is 2.05 bits per heavy atom. The Kier molecular flexibility index (Phi) is 5.79. The molecule has 1 aliphatic heterocycles. The number of amides is 1. The van der Waals surface area contributed by atoms with Gasteiger partial charge in [-0.2, -0.15) is 8.42 Å². The van der Waals surface area contributed by atoms with Crippen molar-refractivity contribution in [3.8, 4) is 0 Å². The van der Waals surface area contributed by atoms with Crippen molar-refractivity contribution < 1.29 is 26.9 Å². The molecule has 1 unspecified atom stereocenters. The van der Waals surface area contributed by atoms with E-state index in [9.17, 15) is 13.2 Å². The second-order valence-corrected chi connectivity index (χ2v) is 7.48. The molecule has 118 valence electrons. The summed E-state index contributed by atoms with van der Waals surface area (Å²) in [6, 6.07) is 0. The van der Waals surface area contributed by atoms with Crippen LogP contribution in [0, 0.1) is 0 Å². The molecule has 0 aromatic rings. The summed E-state index contributed by atoms with van der Waals surface area (Å²) in [6.45, 7) is 7.80. The van der Waals surface area contributed by atoms with Gasteiger partial charge in [0.25, 0.3) is 10.1 Å². The number of ether oxygens (including phenoxy) is 2. The Hall–Kier alpha value is -0.860. The quantitative estimate of drug-likeness (QED) is 0.720.